The summed E-state index contributed by atoms with van der Waals surface area (Å²) in [5.41, 5.74) is -0.614. The molecule has 1 heterocycles. The topological polar surface area (TPSA) is 82.8 Å². The van der Waals surface area contributed by atoms with E-state index in [2.05, 4.69) is 4.98 Å². The predicted octanol–water partition coefficient (Wildman–Crippen LogP) is 2.03. The van der Waals surface area contributed by atoms with Crippen LogP contribution in [0.4, 0.5) is 14.6 Å². The third-order valence-electron chi connectivity index (χ3n) is 2.33. The molecule has 8 heteroatoms. The van der Waals surface area contributed by atoms with E-state index in [0.717, 1.165) is 24.3 Å². The fourth-order valence-corrected chi connectivity index (χ4v) is 2.66. The van der Waals surface area contributed by atoms with Gasteiger partial charge in [0.15, 0.2) is 0 Å². The molecule has 20 heavy (non-hydrogen) atoms. The number of hydrogen-bond donors (Lipinski definition) is 1. The van der Waals surface area contributed by atoms with E-state index in [1.165, 1.54) is 18.2 Å². The zero-order valence-corrected chi connectivity index (χ0v) is 10.7. The molecular weight excluding hydrogens is 288 g/mol. The number of nitrogens with one attached hydrogen (secondary N) is 1. The highest BCUT2D eigenvalue weighted by Crippen LogP contribution is 2.20. The van der Waals surface area contributed by atoms with Crippen molar-refractivity contribution in [3.8, 4) is 6.07 Å². The summed E-state index contributed by atoms with van der Waals surface area (Å²) >= 11 is 0. The zero-order valence-electron chi connectivity index (χ0n) is 9.84. The summed E-state index contributed by atoms with van der Waals surface area (Å²) < 4.78 is 52.4. The number of aromatic nitrogens is 1. The van der Waals surface area contributed by atoms with Gasteiger partial charge in [-0.05, 0) is 24.3 Å². The molecule has 1 aromatic carbocycles. The zero-order chi connectivity index (χ0) is 14.8. The van der Waals surface area contributed by atoms with Gasteiger partial charge in [0, 0.05) is 0 Å². The number of hydrogen-bond acceptors (Lipinski definition) is 4. The molecular formula is C12H7F2N3O2S. The van der Waals surface area contributed by atoms with E-state index < -0.39 is 32.2 Å². The first-order valence-electron chi connectivity index (χ1n) is 5.28. The molecule has 0 fully saturated rings. The van der Waals surface area contributed by atoms with Gasteiger partial charge in [0.25, 0.3) is 10.0 Å². The van der Waals surface area contributed by atoms with Crippen LogP contribution in [0.3, 0.4) is 0 Å². The highest BCUT2D eigenvalue weighted by atomic mass is 32.2. The molecule has 0 saturated heterocycles. The van der Waals surface area contributed by atoms with E-state index >= 15 is 0 Å². The number of halogens is 2. The van der Waals surface area contributed by atoms with Crippen LogP contribution in [0.25, 0.3) is 0 Å². The van der Waals surface area contributed by atoms with Gasteiger partial charge in [0.2, 0.25) is 5.95 Å². The first-order chi connectivity index (χ1) is 9.44. The van der Waals surface area contributed by atoms with Gasteiger partial charge in [-0.3, -0.25) is 4.72 Å². The summed E-state index contributed by atoms with van der Waals surface area (Å²) in [7, 11) is -4.24. The molecule has 0 amide bonds. The minimum Gasteiger partial charge on any atom is -0.263 e. The molecule has 0 spiro atoms. The molecule has 0 bridgehead atoms. The third kappa shape index (κ3) is 2.73. The van der Waals surface area contributed by atoms with Crippen LogP contribution < -0.4 is 4.72 Å². The molecule has 5 nitrogen and oxygen atoms in total. The predicted molar refractivity (Wildman–Crippen MR) is 66.1 cm³/mol. The Morgan fingerprint density at radius 3 is 2.50 bits per heavy atom. The van der Waals surface area contributed by atoms with Crippen molar-refractivity contribution in [2.24, 2.45) is 0 Å². The van der Waals surface area contributed by atoms with Crippen LogP contribution in [0.15, 0.2) is 41.3 Å². The monoisotopic (exact) mass is 295 g/mol. The highest BCUT2D eigenvalue weighted by Gasteiger charge is 2.21. The Kier molecular flexibility index (Phi) is 3.63. The SMILES string of the molecule is N#Cc1c(F)cccc1S(=O)(=O)Nc1cccc(F)n1. The van der Waals surface area contributed by atoms with Crippen LogP contribution >= 0.6 is 0 Å². The Balaban J connectivity index is 2.47. The van der Waals surface area contributed by atoms with Crippen molar-refractivity contribution in [2.75, 3.05) is 4.72 Å². The summed E-state index contributed by atoms with van der Waals surface area (Å²) in [6.45, 7) is 0. The lowest BCUT2D eigenvalue weighted by Crippen LogP contribution is -2.16. The van der Waals surface area contributed by atoms with Gasteiger partial charge in [0.05, 0.1) is 0 Å². The van der Waals surface area contributed by atoms with Gasteiger partial charge in [-0.25, -0.2) is 17.8 Å². The number of anilines is 1. The van der Waals surface area contributed by atoms with Crippen molar-refractivity contribution in [3.05, 3.63) is 53.7 Å². The fourth-order valence-electron chi connectivity index (χ4n) is 1.49. The van der Waals surface area contributed by atoms with Crippen LogP contribution in [0.1, 0.15) is 5.56 Å². The Bertz CT molecular complexity index is 801. The molecule has 0 aliphatic heterocycles. The van der Waals surface area contributed by atoms with E-state index in [9.17, 15) is 17.2 Å². The van der Waals surface area contributed by atoms with E-state index in [4.69, 9.17) is 5.26 Å². The van der Waals surface area contributed by atoms with Crippen LogP contribution in [0.5, 0.6) is 0 Å². The number of sulfonamides is 1. The maximum absolute atomic E-state index is 13.4. The average Bonchev–Trinajstić information content (AvgIpc) is 2.38. The van der Waals surface area contributed by atoms with Crippen LogP contribution in [-0.2, 0) is 10.0 Å². The summed E-state index contributed by atoms with van der Waals surface area (Å²) in [6, 6.07) is 8.21. The van der Waals surface area contributed by atoms with Gasteiger partial charge < -0.3 is 0 Å². The van der Waals surface area contributed by atoms with Crippen molar-refractivity contribution in [2.45, 2.75) is 4.90 Å². The molecule has 0 aliphatic carbocycles. The summed E-state index contributed by atoms with van der Waals surface area (Å²) in [6.07, 6.45) is 0. The Hall–Kier alpha value is -2.53. The van der Waals surface area contributed by atoms with Crippen molar-refractivity contribution < 1.29 is 17.2 Å². The molecule has 2 aromatic rings. The number of pyridine rings is 1. The van der Waals surface area contributed by atoms with E-state index in [0.29, 0.717) is 0 Å². The molecule has 0 unspecified atom stereocenters. The van der Waals surface area contributed by atoms with E-state index in [-0.39, 0.29) is 5.82 Å². The number of rotatable bonds is 3. The van der Waals surface area contributed by atoms with Crippen LogP contribution in [-0.4, -0.2) is 13.4 Å². The summed E-state index contributed by atoms with van der Waals surface area (Å²) in [4.78, 5) is 2.79. The van der Waals surface area contributed by atoms with Crippen molar-refractivity contribution in [1.82, 2.24) is 4.98 Å². The van der Waals surface area contributed by atoms with Gasteiger partial charge in [-0.15, -0.1) is 0 Å². The quantitative estimate of drug-likeness (QED) is 0.878. The molecule has 0 saturated carbocycles. The molecule has 0 radical (unpaired) electrons. The Labute approximate surface area is 113 Å². The standard InChI is InChI=1S/C12H7F2N3O2S/c13-9-3-1-4-10(8(9)7-15)20(18,19)17-12-6-2-5-11(14)16-12/h1-6H,(H,16,17). The Morgan fingerprint density at radius 1 is 1.15 bits per heavy atom. The lowest BCUT2D eigenvalue weighted by Gasteiger charge is -2.08. The Morgan fingerprint density at radius 2 is 1.85 bits per heavy atom. The normalized spacial score (nSPS) is 10.8. The van der Waals surface area contributed by atoms with Crippen molar-refractivity contribution in [3.63, 3.8) is 0 Å². The molecule has 1 N–H and O–H groups in total. The van der Waals surface area contributed by atoms with Gasteiger partial charge in [-0.2, -0.15) is 9.65 Å². The first-order valence-corrected chi connectivity index (χ1v) is 6.76. The number of benzene rings is 1. The second kappa shape index (κ2) is 5.22. The van der Waals surface area contributed by atoms with Crippen molar-refractivity contribution >= 4 is 15.8 Å². The number of nitriles is 1. The molecule has 0 aliphatic rings. The minimum absolute atomic E-state index is 0.266. The first kappa shape index (κ1) is 13.9. The smallest absolute Gasteiger partial charge is 0.263 e. The molecule has 0 atom stereocenters. The van der Waals surface area contributed by atoms with E-state index in [1.807, 2.05) is 4.72 Å². The lowest BCUT2D eigenvalue weighted by molar-refractivity contribution is 0.584. The van der Waals surface area contributed by atoms with Gasteiger partial charge >= 0.3 is 0 Å². The third-order valence-corrected chi connectivity index (χ3v) is 3.73. The van der Waals surface area contributed by atoms with E-state index in [1.54, 1.807) is 0 Å². The highest BCUT2D eigenvalue weighted by molar-refractivity contribution is 7.92. The summed E-state index contributed by atoms with van der Waals surface area (Å²) in [5.74, 6) is -2.09. The maximum Gasteiger partial charge on any atom is 0.264 e. The molecule has 1 aromatic heterocycles. The van der Waals surface area contributed by atoms with Gasteiger partial charge in [-0.1, -0.05) is 12.1 Å². The van der Waals surface area contributed by atoms with Crippen molar-refractivity contribution in [1.29, 1.82) is 5.26 Å². The lowest BCUT2D eigenvalue weighted by atomic mass is 10.2. The minimum atomic E-state index is -4.24. The van der Waals surface area contributed by atoms with Crippen LogP contribution in [0, 0.1) is 23.1 Å². The fraction of sp³-hybridized carbons (Fsp3) is 0. The van der Waals surface area contributed by atoms with Gasteiger partial charge in [0.1, 0.15) is 28.2 Å². The van der Waals surface area contributed by atoms with Crippen LogP contribution in [0.2, 0.25) is 0 Å². The molecule has 2 rings (SSSR count). The largest absolute Gasteiger partial charge is 0.264 e. The average molecular weight is 295 g/mol. The second-order valence-corrected chi connectivity index (χ2v) is 5.33. The summed E-state index contributed by atoms with van der Waals surface area (Å²) in [5, 5.41) is 8.81. The molecule has 102 valence electrons. The number of nitrogens with zero attached hydrogens (tertiary/aromatic N) is 2. The maximum atomic E-state index is 13.4. The second-order valence-electron chi connectivity index (χ2n) is 3.68.